The summed E-state index contributed by atoms with van der Waals surface area (Å²) in [6.45, 7) is 0. The van der Waals surface area contributed by atoms with Crippen LogP contribution in [0.4, 0.5) is 75.5 Å². The normalized spacial score (nSPS) is 27.2. The molecular formula is C7H8F18P3Rh. The number of fused-ring (bicyclic) bond motifs is 2. The summed E-state index contributed by atoms with van der Waals surface area (Å²) in [6.07, 6.45) is 10.5. The molecule has 2 aliphatic carbocycles. The number of rotatable bonds is 0. The van der Waals surface area contributed by atoms with Crippen molar-refractivity contribution < 1.29 is 95.0 Å². The number of hydrogen-bond donors (Lipinski definition) is 0. The predicted molar refractivity (Wildman–Crippen MR) is 70.6 cm³/mol. The average molecular weight is 630 g/mol. The fourth-order valence-electron chi connectivity index (χ4n) is 1.33. The molecule has 2 rings (SSSR count). The van der Waals surface area contributed by atoms with E-state index in [0.717, 1.165) is 11.8 Å². The summed E-state index contributed by atoms with van der Waals surface area (Å²) in [6, 6.07) is 0. The summed E-state index contributed by atoms with van der Waals surface area (Å²) in [4.78, 5) is 0. The van der Waals surface area contributed by atoms with Crippen molar-refractivity contribution in [3.8, 4) is 0 Å². The fraction of sp³-hybridized carbons (Fsp3) is 0.429. The molecule has 0 aromatic heterocycles. The van der Waals surface area contributed by atoms with Gasteiger partial charge in [-0.25, -0.2) is 0 Å². The van der Waals surface area contributed by atoms with Crippen LogP contribution < -0.4 is 0 Å². The van der Waals surface area contributed by atoms with Crippen LogP contribution in [0.5, 0.6) is 0 Å². The smallest absolute Gasteiger partial charge is 3.00 e. The van der Waals surface area contributed by atoms with Gasteiger partial charge in [-0.3, -0.25) is 0 Å². The Morgan fingerprint density at radius 3 is 0.517 bits per heavy atom. The third kappa shape index (κ3) is 96.2. The number of hydrogen-bond acceptors (Lipinski definition) is 0. The van der Waals surface area contributed by atoms with E-state index < -0.39 is 23.4 Å². The van der Waals surface area contributed by atoms with Gasteiger partial charge in [0.2, 0.25) is 0 Å². The van der Waals surface area contributed by atoms with E-state index in [9.17, 15) is 75.5 Å². The molecule has 0 unspecified atom stereocenters. The third-order valence-corrected chi connectivity index (χ3v) is 1.76. The molecule has 0 fully saturated rings. The molecule has 0 heterocycles. The Balaban J connectivity index is -0.000000307. The van der Waals surface area contributed by atoms with Gasteiger partial charge in [-0.1, -0.05) is 24.3 Å². The van der Waals surface area contributed by atoms with Crippen LogP contribution in [0.1, 0.15) is 6.42 Å². The summed E-state index contributed by atoms with van der Waals surface area (Å²) in [5, 5.41) is 0. The van der Waals surface area contributed by atoms with Gasteiger partial charge in [-0.15, -0.1) is 0 Å². The first kappa shape index (κ1) is 33.8. The maximum absolute atomic E-state index is 10.7. The molecule has 0 amide bonds. The van der Waals surface area contributed by atoms with E-state index in [2.05, 4.69) is 24.3 Å². The topological polar surface area (TPSA) is 0 Å². The van der Waals surface area contributed by atoms with Gasteiger partial charge in [-0.05, 0) is 18.3 Å². The van der Waals surface area contributed by atoms with E-state index in [0.29, 0.717) is 0 Å². The van der Waals surface area contributed by atoms with Gasteiger partial charge in [0.25, 0.3) is 0 Å². The molecule has 29 heavy (non-hydrogen) atoms. The van der Waals surface area contributed by atoms with Crippen molar-refractivity contribution in [1.82, 2.24) is 0 Å². The summed E-state index contributed by atoms with van der Waals surface area (Å²) in [5.74, 6) is 1.62. The molecule has 0 aromatic carbocycles. The largest absolute Gasteiger partial charge is 3.00 e. The fourth-order valence-corrected chi connectivity index (χ4v) is 1.33. The van der Waals surface area contributed by atoms with E-state index in [1.165, 1.54) is 6.42 Å². The molecule has 22 heteroatoms. The standard InChI is InChI=1S/C7H8.3F6P.Rh/c1-2-7-4-3-6(1)5-7;3*1-7(2,3,4,5)6;/h1-4,6-7H,5H2;;;;/q;3*-1;+3. The van der Waals surface area contributed by atoms with E-state index in [1.54, 1.807) is 0 Å². The Hall–Kier alpha value is 0.133. The molecule has 0 saturated heterocycles. The molecule has 0 atom stereocenters. The minimum Gasteiger partial charge on any atom is 3.00 e. The quantitative estimate of drug-likeness (QED) is 0.108. The second-order valence-corrected chi connectivity index (χ2v) is 11.0. The van der Waals surface area contributed by atoms with Crippen LogP contribution >= 0.6 is 23.4 Å². The monoisotopic (exact) mass is 630 g/mol. The van der Waals surface area contributed by atoms with Gasteiger partial charge in [-0.2, -0.15) is 0 Å². The molecular weight excluding hydrogens is 622 g/mol. The van der Waals surface area contributed by atoms with Crippen molar-refractivity contribution in [3.63, 3.8) is 0 Å². The number of halogens is 18. The van der Waals surface area contributed by atoms with E-state index in [4.69, 9.17) is 0 Å². The minimum atomic E-state index is -10.7. The van der Waals surface area contributed by atoms with Crippen molar-refractivity contribution in [2.75, 3.05) is 0 Å². The van der Waals surface area contributed by atoms with E-state index in [-0.39, 0.29) is 19.5 Å². The van der Waals surface area contributed by atoms with Crippen LogP contribution in [0.2, 0.25) is 0 Å². The molecule has 2 aliphatic rings. The Morgan fingerprint density at radius 1 is 0.379 bits per heavy atom. The van der Waals surface area contributed by atoms with Gasteiger partial charge in [0, 0.05) is 0 Å². The zero-order valence-corrected chi connectivity index (χ0v) is 17.0. The molecule has 0 aromatic rings. The van der Waals surface area contributed by atoms with Crippen LogP contribution in [0.15, 0.2) is 24.3 Å². The maximum Gasteiger partial charge on any atom is 3.00 e. The van der Waals surface area contributed by atoms with Crippen LogP contribution in [0, 0.1) is 11.8 Å². The second-order valence-electron chi connectivity index (χ2n) is 5.21. The van der Waals surface area contributed by atoms with Crippen molar-refractivity contribution in [2.45, 2.75) is 6.42 Å². The van der Waals surface area contributed by atoms with Crippen molar-refractivity contribution >= 4 is 23.4 Å². The van der Waals surface area contributed by atoms with Crippen molar-refractivity contribution in [3.05, 3.63) is 24.3 Å². The van der Waals surface area contributed by atoms with Gasteiger partial charge < -0.3 is 0 Å². The molecule has 0 spiro atoms. The first-order chi connectivity index (χ1) is 10.8. The molecule has 0 N–H and O–H groups in total. The minimum absolute atomic E-state index is 0. The molecule has 2 bridgehead atoms. The van der Waals surface area contributed by atoms with Crippen LogP contribution in [-0.2, 0) is 19.5 Å². The van der Waals surface area contributed by atoms with Gasteiger partial charge in [0.05, 0.1) is 0 Å². The predicted octanol–water partition coefficient (Wildman–Crippen LogP) is 11.9. The first-order valence-electron chi connectivity index (χ1n) is 5.86. The van der Waals surface area contributed by atoms with Crippen molar-refractivity contribution in [2.24, 2.45) is 11.8 Å². The van der Waals surface area contributed by atoms with E-state index in [1.807, 2.05) is 0 Å². The molecule has 186 valence electrons. The van der Waals surface area contributed by atoms with Crippen LogP contribution in [-0.4, -0.2) is 0 Å². The SMILES string of the molecule is C1=CC2C=CC1C2.F[P-](F)(F)(F)(F)F.F[P-](F)(F)(F)(F)F.F[P-](F)(F)(F)(F)F.[Rh+3]. The van der Waals surface area contributed by atoms with Gasteiger partial charge in [0.1, 0.15) is 0 Å². The van der Waals surface area contributed by atoms with E-state index >= 15 is 0 Å². The zero-order valence-electron chi connectivity index (χ0n) is 12.6. The Labute approximate surface area is 161 Å². The Kier molecular flexibility index (Phi) is 7.65. The third-order valence-electron chi connectivity index (χ3n) is 1.76. The zero-order chi connectivity index (χ0) is 23.9. The molecule has 0 nitrogen and oxygen atoms in total. The van der Waals surface area contributed by atoms with Gasteiger partial charge in [0.15, 0.2) is 0 Å². The Bertz CT molecular complexity index is 497. The van der Waals surface area contributed by atoms with Crippen LogP contribution in [0.3, 0.4) is 0 Å². The first-order valence-corrected chi connectivity index (χ1v) is 11.9. The average Bonchev–Trinajstić information content (AvgIpc) is 2.61. The maximum atomic E-state index is 9.87. The molecule has 0 aliphatic heterocycles. The van der Waals surface area contributed by atoms with Crippen LogP contribution in [0.25, 0.3) is 0 Å². The Morgan fingerprint density at radius 2 is 0.483 bits per heavy atom. The molecule has 0 saturated carbocycles. The summed E-state index contributed by atoms with van der Waals surface area (Å²) in [5.41, 5.74) is 0. The second kappa shape index (κ2) is 6.57. The molecule has 0 radical (unpaired) electrons. The van der Waals surface area contributed by atoms with Gasteiger partial charge >= 0.3 is 118 Å². The summed E-state index contributed by atoms with van der Waals surface area (Å²) in [7, 11) is -32.0. The number of allylic oxidation sites excluding steroid dienone is 4. The van der Waals surface area contributed by atoms with Crippen molar-refractivity contribution in [1.29, 1.82) is 0 Å². The summed E-state index contributed by atoms with van der Waals surface area (Å²) >= 11 is 0. The summed E-state index contributed by atoms with van der Waals surface area (Å²) < 4.78 is 178.